The van der Waals surface area contributed by atoms with Gasteiger partial charge in [0.1, 0.15) is 17.7 Å². The van der Waals surface area contributed by atoms with Crippen LogP contribution in [0.5, 0.6) is 0 Å². The normalized spacial score (nSPS) is 11.9. The van der Waals surface area contributed by atoms with Gasteiger partial charge in [0.25, 0.3) is 11.5 Å². The predicted molar refractivity (Wildman–Crippen MR) is 154 cm³/mol. The van der Waals surface area contributed by atoms with E-state index in [1.165, 1.54) is 18.7 Å². The van der Waals surface area contributed by atoms with Crippen LogP contribution in [-0.4, -0.2) is 50.6 Å². The summed E-state index contributed by atoms with van der Waals surface area (Å²) in [7, 11) is 0. The average molecular weight is 564 g/mol. The Labute approximate surface area is 237 Å². The zero-order valence-electron chi connectivity index (χ0n) is 22.3. The lowest BCUT2D eigenvalue weighted by molar-refractivity contribution is 0.0705. The smallest absolute Gasteiger partial charge is 0.277 e. The van der Waals surface area contributed by atoms with E-state index in [-0.39, 0.29) is 29.7 Å². The number of amides is 1. The van der Waals surface area contributed by atoms with Crippen molar-refractivity contribution < 1.29 is 10.0 Å². The Kier molecular flexibility index (Phi) is 7.17. The van der Waals surface area contributed by atoms with Gasteiger partial charge in [-0.05, 0) is 30.2 Å². The minimum absolute atomic E-state index is 0.102. The fourth-order valence-electron chi connectivity index (χ4n) is 4.68. The molecule has 0 fully saturated rings. The number of fused-ring (bicyclic) bond motifs is 2. The van der Waals surface area contributed by atoms with Gasteiger partial charge in [0.15, 0.2) is 11.5 Å². The van der Waals surface area contributed by atoms with Gasteiger partial charge < -0.3 is 15.6 Å². The van der Waals surface area contributed by atoms with Gasteiger partial charge in [0, 0.05) is 18.9 Å². The van der Waals surface area contributed by atoms with Gasteiger partial charge >= 0.3 is 0 Å². The zero-order chi connectivity index (χ0) is 29.1. The Morgan fingerprint density at radius 3 is 2.60 bits per heavy atom. The Morgan fingerprint density at radius 1 is 1.02 bits per heavy atom. The summed E-state index contributed by atoms with van der Waals surface area (Å²) in [4.78, 5) is 55.0. The van der Waals surface area contributed by atoms with E-state index in [0.29, 0.717) is 51.4 Å². The summed E-state index contributed by atoms with van der Waals surface area (Å²) >= 11 is 0. The van der Waals surface area contributed by atoms with E-state index in [1.807, 2.05) is 49.4 Å². The number of carbonyl (C=O) groups is 1. The van der Waals surface area contributed by atoms with E-state index < -0.39 is 5.91 Å². The molecule has 2 aromatic carbocycles. The molecule has 0 saturated carbocycles. The molecule has 0 saturated heterocycles. The van der Waals surface area contributed by atoms with Crippen molar-refractivity contribution in [3.8, 4) is 5.69 Å². The molecule has 0 radical (unpaired) electrons. The predicted octanol–water partition coefficient (Wildman–Crippen LogP) is 3.14. The first-order valence-corrected chi connectivity index (χ1v) is 13.1. The number of hydrogen-bond donors (Lipinski definition) is 5. The maximum absolute atomic E-state index is 14.3. The Balaban J connectivity index is 1.42. The molecular formula is C28H25N11O3. The average Bonchev–Trinajstić information content (AvgIpc) is 3.52. The van der Waals surface area contributed by atoms with Crippen LogP contribution in [-0.2, 0) is 6.54 Å². The molecule has 0 aliphatic rings. The highest BCUT2D eigenvalue weighted by Gasteiger charge is 2.23. The van der Waals surface area contributed by atoms with E-state index in [9.17, 15) is 9.59 Å². The first-order valence-electron chi connectivity index (χ1n) is 13.1. The number of carbonyl (C=O) groups excluding carboxylic acids is 1. The number of anilines is 2. The minimum Gasteiger partial charge on any atom is -0.358 e. The number of benzene rings is 2. The second-order valence-corrected chi connectivity index (χ2v) is 9.27. The molecular weight excluding hydrogens is 538 g/mol. The Bertz CT molecular complexity index is 1940. The molecule has 0 aliphatic carbocycles. The molecule has 6 aromatic rings. The topological polar surface area (TPSA) is 189 Å². The van der Waals surface area contributed by atoms with Crippen molar-refractivity contribution in [1.29, 1.82) is 0 Å². The lowest BCUT2D eigenvalue weighted by Gasteiger charge is -2.22. The largest absolute Gasteiger partial charge is 0.358 e. The third kappa shape index (κ3) is 4.97. The molecule has 42 heavy (non-hydrogen) atoms. The van der Waals surface area contributed by atoms with Crippen LogP contribution in [0.4, 0.5) is 11.8 Å². The van der Waals surface area contributed by atoms with Crippen LogP contribution < -0.4 is 21.7 Å². The van der Waals surface area contributed by atoms with E-state index >= 15 is 0 Å². The summed E-state index contributed by atoms with van der Waals surface area (Å²) < 4.78 is 1.62. The van der Waals surface area contributed by atoms with E-state index in [0.717, 1.165) is 0 Å². The maximum atomic E-state index is 14.3. The van der Waals surface area contributed by atoms with Gasteiger partial charge in [-0.15, -0.1) is 0 Å². The number of nitrogens with one attached hydrogen (secondary N) is 4. The van der Waals surface area contributed by atoms with Crippen LogP contribution in [0.1, 0.15) is 41.1 Å². The monoisotopic (exact) mass is 563 g/mol. The maximum Gasteiger partial charge on any atom is 0.277 e. The highest BCUT2D eigenvalue weighted by molar-refractivity contribution is 5.92. The molecule has 4 heterocycles. The summed E-state index contributed by atoms with van der Waals surface area (Å²) in [5.74, 6) is 0.587. The number of hydroxylamine groups is 1. The second-order valence-electron chi connectivity index (χ2n) is 9.27. The molecule has 0 aliphatic heterocycles. The number of imidazole rings is 1. The van der Waals surface area contributed by atoms with Crippen molar-refractivity contribution in [3.05, 3.63) is 101 Å². The standard InChI is InChI=1S/C28H25N11O3/c1-2-19(36-24-22-23(33-14-32-22)34-15-35-24)25-37-20-10-6-7-16(11-29-28-30-12-17(13-31-28)26(40)38-42)21(20)27(41)39(25)18-8-4-3-5-9-18/h3-10,12-15,19,42H,2,11H2,1H3,(H,38,40)(H,29,30,31)(H2,32,33,34,35,36)/t19-/m0/s1. The Hall–Kier alpha value is -5.76. The minimum atomic E-state index is -0.715. The van der Waals surface area contributed by atoms with Gasteiger partial charge in [-0.2, -0.15) is 0 Å². The molecule has 1 amide bonds. The van der Waals surface area contributed by atoms with E-state index in [4.69, 9.17) is 10.2 Å². The quantitative estimate of drug-likeness (QED) is 0.128. The zero-order valence-corrected chi connectivity index (χ0v) is 22.3. The number of aromatic nitrogens is 8. The van der Waals surface area contributed by atoms with Crippen molar-refractivity contribution in [2.24, 2.45) is 0 Å². The first kappa shape index (κ1) is 26.5. The number of hydrogen-bond acceptors (Lipinski definition) is 11. The molecule has 1 atom stereocenters. The lowest BCUT2D eigenvalue weighted by atomic mass is 10.1. The van der Waals surface area contributed by atoms with E-state index in [2.05, 4.69) is 40.5 Å². The number of aromatic amines is 1. The summed E-state index contributed by atoms with van der Waals surface area (Å²) in [6.45, 7) is 2.23. The number of nitrogens with zero attached hydrogens (tertiary/aromatic N) is 7. The van der Waals surface area contributed by atoms with Crippen LogP contribution in [0.2, 0.25) is 0 Å². The number of rotatable bonds is 9. The van der Waals surface area contributed by atoms with Gasteiger partial charge in [0.2, 0.25) is 5.95 Å². The van der Waals surface area contributed by atoms with Gasteiger partial charge in [-0.25, -0.2) is 35.4 Å². The van der Waals surface area contributed by atoms with Crippen LogP contribution in [0.15, 0.2) is 78.4 Å². The van der Waals surface area contributed by atoms with Crippen LogP contribution in [0, 0.1) is 0 Å². The molecule has 0 unspecified atom stereocenters. The van der Waals surface area contributed by atoms with Gasteiger partial charge in [-0.1, -0.05) is 37.3 Å². The first-order chi connectivity index (χ1) is 20.6. The third-order valence-electron chi connectivity index (χ3n) is 6.72. The SMILES string of the molecule is CC[C@H](Nc1ncnc2[nH]cnc12)c1nc2cccc(CNc3ncc(C(=O)NO)cn3)c2c(=O)n1-c1ccccc1. The van der Waals surface area contributed by atoms with Crippen molar-refractivity contribution >= 4 is 39.7 Å². The molecule has 14 nitrogen and oxygen atoms in total. The molecule has 210 valence electrons. The van der Waals surface area contributed by atoms with Crippen LogP contribution in [0.3, 0.4) is 0 Å². The van der Waals surface area contributed by atoms with Crippen molar-refractivity contribution in [1.82, 2.24) is 44.9 Å². The third-order valence-corrected chi connectivity index (χ3v) is 6.72. The summed E-state index contributed by atoms with van der Waals surface area (Å²) in [5.41, 5.74) is 4.49. The highest BCUT2D eigenvalue weighted by atomic mass is 16.5. The summed E-state index contributed by atoms with van der Waals surface area (Å²) in [6, 6.07) is 14.4. The second kappa shape index (κ2) is 11.4. The molecule has 5 N–H and O–H groups in total. The number of para-hydroxylation sites is 1. The number of H-pyrrole nitrogens is 1. The summed E-state index contributed by atoms with van der Waals surface area (Å²) in [6.07, 6.45) is 6.18. The molecule has 0 spiro atoms. The van der Waals surface area contributed by atoms with Crippen molar-refractivity contribution in [2.45, 2.75) is 25.9 Å². The lowest BCUT2D eigenvalue weighted by Crippen LogP contribution is -2.29. The molecule has 0 bridgehead atoms. The van der Waals surface area contributed by atoms with Gasteiger partial charge in [-0.3, -0.25) is 19.4 Å². The van der Waals surface area contributed by atoms with E-state index in [1.54, 1.807) is 22.4 Å². The fraction of sp³-hybridized carbons (Fsp3) is 0.143. The Morgan fingerprint density at radius 2 is 1.83 bits per heavy atom. The van der Waals surface area contributed by atoms with Crippen LogP contribution in [0.25, 0.3) is 27.8 Å². The van der Waals surface area contributed by atoms with Gasteiger partial charge in [0.05, 0.1) is 34.5 Å². The van der Waals surface area contributed by atoms with Crippen molar-refractivity contribution in [2.75, 3.05) is 10.6 Å². The molecule has 4 aromatic heterocycles. The summed E-state index contributed by atoms with van der Waals surface area (Å²) in [5, 5.41) is 15.8. The molecule has 6 rings (SSSR count). The van der Waals surface area contributed by atoms with Crippen molar-refractivity contribution in [3.63, 3.8) is 0 Å². The fourth-order valence-corrected chi connectivity index (χ4v) is 4.68. The molecule has 14 heteroatoms. The van der Waals surface area contributed by atoms with Crippen LogP contribution >= 0.6 is 0 Å². The highest BCUT2D eigenvalue weighted by Crippen LogP contribution is 2.27.